The Bertz CT molecular complexity index is 1460. The molecule has 5 rings (SSSR count). The quantitative estimate of drug-likeness (QED) is 0.264. The number of carbonyl (C=O) groups is 2. The van der Waals surface area contributed by atoms with Crippen LogP contribution < -0.4 is 10.2 Å². The molecule has 1 N–H and O–H groups in total. The number of carbonyl (C=O) groups excluding carboxylic acids is 2. The standard InChI is InChI=1S/C24H15F2N3O4S2/c25-16-2-1-3-17(26)20(16)27-23(30)19-12-14-8-10-28(18-9-11-34-22(18)21(14)35-19)24(31)13-4-6-15(7-5-13)29(32)33/h1-7,9,11-12H,8,10H2,(H,27,30). The molecule has 11 heteroatoms. The molecule has 0 aliphatic carbocycles. The van der Waals surface area contributed by atoms with E-state index in [2.05, 4.69) is 5.32 Å². The molecule has 0 spiro atoms. The Hall–Kier alpha value is -3.96. The van der Waals surface area contributed by atoms with Crippen molar-refractivity contribution in [2.24, 2.45) is 0 Å². The van der Waals surface area contributed by atoms with E-state index in [1.54, 1.807) is 11.0 Å². The van der Waals surface area contributed by atoms with Gasteiger partial charge in [-0.3, -0.25) is 19.7 Å². The zero-order chi connectivity index (χ0) is 24.7. The second-order valence-electron chi connectivity index (χ2n) is 7.66. The van der Waals surface area contributed by atoms with E-state index in [4.69, 9.17) is 0 Å². The lowest BCUT2D eigenvalue weighted by Crippen LogP contribution is -2.32. The minimum absolute atomic E-state index is 0.100. The lowest BCUT2D eigenvalue weighted by atomic mass is 10.1. The molecule has 2 aromatic heterocycles. The van der Waals surface area contributed by atoms with Crippen LogP contribution in [0.3, 0.4) is 0 Å². The highest BCUT2D eigenvalue weighted by Gasteiger charge is 2.29. The van der Waals surface area contributed by atoms with Crippen molar-refractivity contribution in [2.45, 2.75) is 6.42 Å². The van der Waals surface area contributed by atoms with Crippen molar-refractivity contribution in [1.82, 2.24) is 0 Å². The molecule has 4 aromatic rings. The van der Waals surface area contributed by atoms with E-state index in [1.807, 2.05) is 11.4 Å². The fourth-order valence-corrected chi connectivity index (χ4v) is 6.03. The second-order valence-corrected chi connectivity index (χ2v) is 9.63. The van der Waals surface area contributed by atoms with Crippen LogP contribution in [0.15, 0.2) is 60.0 Å². The number of hydrogen-bond acceptors (Lipinski definition) is 6. The molecule has 0 saturated heterocycles. The van der Waals surface area contributed by atoms with Crippen molar-refractivity contribution < 1.29 is 23.3 Å². The Balaban J connectivity index is 1.43. The van der Waals surface area contributed by atoms with Crippen LogP contribution in [-0.2, 0) is 6.42 Å². The van der Waals surface area contributed by atoms with Gasteiger partial charge in [-0.05, 0) is 53.8 Å². The molecule has 2 amide bonds. The van der Waals surface area contributed by atoms with E-state index in [9.17, 15) is 28.5 Å². The van der Waals surface area contributed by atoms with Gasteiger partial charge in [0.1, 0.15) is 17.3 Å². The van der Waals surface area contributed by atoms with Gasteiger partial charge in [-0.2, -0.15) is 0 Å². The summed E-state index contributed by atoms with van der Waals surface area (Å²) in [6.07, 6.45) is 0.452. The zero-order valence-electron chi connectivity index (χ0n) is 17.8. The normalized spacial score (nSPS) is 12.5. The van der Waals surface area contributed by atoms with E-state index in [1.165, 1.54) is 53.0 Å². The molecule has 0 saturated carbocycles. The largest absolute Gasteiger partial charge is 0.316 e. The molecular formula is C24H15F2N3O4S2. The van der Waals surface area contributed by atoms with Gasteiger partial charge >= 0.3 is 0 Å². The molecule has 1 aliphatic heterocycles. The van der Waals surface area contributed by atoms with Gasteiger partial charge in [0.25, 0.3) is 17.5 Å². The average Bonchev–Trinajstić information content (AvgIpc) is 3.46. The van der Waals surface area contributed by atoms with Crippen LogP contribution in [0.4, 0.5) is 25.8 Å². The van der Waals surface area contributed by atoms with Crippen LogP contribution >= 0.6 is 22.7 Å². The number of nitro groups is 1. The molecule has 2 aromatic carbocycles. The van der Waals surface area contributed by atoms with Crippen LogP contribution in [-0.4, -0.2) is 23.3 Å². The van der Waals surface area contributed by atoms with Crippen molar-refractivity contribution >= 4 is 51.6 Å². The third-order valence-electron chi connectivity index (χ3n) is 5.55. The highest BCUT2D eigenvalue weighted by atomic mass is 32.1. The Morgan fingerprint density at radius 1 is 1.03 bits per heavy atom. The van der Waals surface area contributed by atoms with Crippen LogP contribution in [0.1, 0.15) is 25.6 Å². The molecular weight excluding hydrogens is 496 g/mol. The van der Waals surface area contributed by atoms with Gasteiger partial charge in [0.2, 0.25) is 0 Å². The molecule has 0 atom stereocenters. The molecule has 0 radical (unpaired) electrons. The van der Waals surface area contributed by atoms with Crippen LogP contribution in [0, 0.1) is 21.7 Å². The predicted octanol–water partition coefficient (Wildman–Crippen LogP) is 6.12. The summed E-state index contributed by atoms with van der Waals surface area (Å²) in [6, 6.07) is 12.3. The van der Waals surface area contributed by atoms with Crippen molar-refractivity contribution in [3.63, 3.8) is 0 Å². The summed E-state index contributed by atoms with van der Waals surface area (Å²) in [5.74, 6) is -2.64. The monoisotopic (exact) mass is 511 g/mol. The first-order valence-corrected chi connectivity index (χ1v) is 12.1. The number of thiophene rings is 2. The number of fused-ring (bicyclic) bond motifs is 3. The summed E-state index contributed by atoms with van der Waals surface area (Å²) in [5, 5.41) is 15.1. The molecule has 0 bridgehead atoms. The van der Waals surface area contributed by atoms with E-state index in [0.717, 1.165) is 27.5 Å². The minimum atomic E-state index is -0.864. The van der Waals surface area contributed by atoms with Crippen molar-refractivity contribution in [1.29, 1.82) is 0 Å². The predicted molar refractivity (Wildman–Crippen MR) is 130 cm³/mol. The molecule has 0 unspecified atom stereocenters. The number of nitro benzene ring substituents is 1. The molecule has 35 heavy (non-hydrogen) atoms. The third-order valence-corrected chi connectivity index (χ3v) is 7.79. The first-order valence-electron chi connectivity index (χ1n) is 10.4. The number of rotatable bonds is 4. The summed E-state index contributed by atoms with van der Waals surface area (Å²) in [6.45, 7) is 0.326. The van der Waals surface area contributed by atoms with Gasteiger partial charge in [-0.1, -0.05) is 6.07 Å². The topological polar surface area (TPSA) is 92.6 Å². The molecule has 176 valence electrons. The Kier molecular flexibility index (Phi) is 5.87. The minimum Gasteiger partial charge on any atom is -0.316 e. The maximum absolute atomic E-state index is 14.0. The van der Waals surface area contributed by atoms with Crippen LogP contribution in [0.25, 0.3) is 9.75 Å². The summed E-state index contributed by atoms with van der Waals surface area (Å²) >= 11 is 2.60. The smallest absolute Gasteiger partial charge is 0.269 e. The van der Waals surface area contributed by atoms with E-state index >= 15 is 0 Å². The van der Waals surface area contributed by atoms with Gasteiger partial charge in [-0.15, -0.1) is 22.7 Å². The first kappa shape index (κ1) is 22.8. The maximum atomic E-state index is 14.0. The number of amides is 2. The van der Waals surface area contributed by atoms with Gasteiger partial charge in [-0.25, -0.2) is 8.78 Å². The fraction of sp³-hybridized carbons (Fsp3) is 0.0833. The summed E-state index contributed by atoms with van der Waals surface area (Å²) in [5.41, 5.74) is 1.24. The molecule has 7 nitrogen and oxygen atoms in total. The SMILES string of the molecule is O=C(Nc1c(F)cccc1F)c1cc2c(s1)-c1sccc1N(C(=O)c1ccc([N+](=O)[O-])cc1)CC2. The lowest BCUT2D eigenvalue weighted by molar-refractivity contribution is -0.384. The summed E-state index contributed by atoms with van der Waals surface area (Å²) in [7, 11) is 0. The number of benzene rings is 2. The number of non-ortho nitro benzene ring substituents is 1. The highest BCUT2D eigenvalue weighted by Crippen LogP contribution is 2.45. The number of hydrogen-bond donors (Lipinski definition) is 1. The Morgan fingerprint density at radius 3 is 2.43 bits per heavy atom. The number of anilines is 2. The Morgan fingerprint density at radius 2 is 1.74 bits per heavy atom. The van der Waals surface area contributed by atoms with Crippen LogP contribution in [0.2, 0.25) is 0 Å². The van der Waals surface area contributed by atoms with E-state index in [0.29, 0.717) is 29.1 Å². The maximum Gasteiger partial charge on any atom is 0.269 e. The lowest BCUT2D eigenvalue weighted by Gasteiger charge is -2.21. The van der Waals surface area contributed by atoms with Crippen molar-refractivity contribution in [3.05, 3.63) is 97.7 Å². The van der Waals surface area contributed by atoms with Gasteiger partial charge < -0.3 is 10.2 Å². The first-order chi connectivity index (χ1) is 16.8. The number of nitrogens with one attached hydrogen (secondary N) is 1. The van der Waals surface area contributed by atoms with Gasteiger partial charge in [0, 0.05) is 24.2 Å². The average molecular weight is 512 g/mol. The Labute approximate surface area is 205 Å². The fourth-order valence-electron chi connectivity index (χ4n) is 3.84. The van der Waals surface area contributed by atoms with Gasteiger partial charge in [0.05, 0.1) is 25.2 Å². The van der Waals surface area contributed by atoms with E-state index < -0.39 is 28.2 Å². The third kappa shape index (κ3) is 4.19. The zero-order valence-corrected chi connectivity index (χ0v) is 19.4. The van der Waals surface area contributed by atoms with Gasteiger partial charge in [0.15, 0.2) is 0 Å². The number of nitrogens with zero attached hydrogens (tertiary/aromatic N) is 2. The van der Waals surface area contributed by atoms with E-state index in [-0.39, 0.29) is 11.6 Å². The van der Waals surface area contributed by atoms with Crippen molar-refractivity contribution in [2.75, 3.05) is 16.8 Å². The second kappa shape index (κ2) is 9.01. The number of para-hydroxylation sites is 1. The molecule has 1 aliphatic rings. The number of halogens is 2. The summed E-state index contributed by atoms with van der Waals surface area (Å²) < 4.78 is 27.9. The highest BCUT2D eigenvalue weighted by molar-refractivity contribution is 7.23. The summed E-state index contributed by atoms with van der Waals surface area (Å²) in [4.78, 5) is 39.9. The molecule has 0 fully saturated rings. The molecule has 3 heterocycles. The van der Waals surface area contributed by atoms with Crippen LogP contribution in [0.5, 0.6) is 0 Å². The van der Waals surface area contributed by atoms with Crippen molar-refractivity contribution in [3.8, 4) is 9.75 Å².